The number of ether oxygens (including phenoxy) is 5. The van der Waals surface area contributed by atoms with E-state index >= 15 is 0 Å². The molecule has 0 radical (unpaired) electrons. The highest BCUT2D eigenvalue weighted by Gasteiger charge is 2.53. The number of carbonyl (C=O) groups is 4. The molecule has 0 aromatic carbocycles. The number of hydrogen-bond donors (Lipinski definition) is 5. The summed E-state index contributed by atoms with van der Waals surface area (Å²) in [5, 5.41) is 0. The lowest BCUT2D eigenvalue weighted by Crippen LogP contribution is -2.64. The second-order valence-electron chi connectivity index (χ2n) is 4.51. The molecule has 0 saturated carbocycles. The number of nitrogens with two attached hydrogens (primary N) is 5. The molecule has 4 amide bonds. The summed E-state index contributed by atoms with van der Waals surface area (Å²) in [6.07, 6.45) is -12.8. The monoisotopic (exact) mass is 367 g/mol. The van der Waals surface area contributed by atoms with Gasteiger partial charge in [0.1, 0.15) is 12.7 Å². The molecule has 5 unspecified atom stereocenters. The molecule has 10 N–H and O–H groups in total. The van der Waals surface area contributed by atoms with E-state index in [1.165, 1.54) is 0 Å². The van der Waals surface area contributed by atoms with Gasteiger partial charge in [0.2, 0.25) is 6.29 Å². The minimum Gasteiger partial charge on any atom is -0.447 e. The van der Waals surface area contributed by atoms with Crippen LogP contribution in [0.3, 0.4) is 0 Å². The Morgan fingerprint density at radius 2 is 1.24 bits per heavy atom. The summed E-state index contributed by atoms with van der Waals surface area (Å²) in [5.74, 6) is 5.03. The van der Waals surface area contributed by atoms with E-state index < -0.39 is 61.7 Å². The van der Waals surface area contributed by atoms with Gasteiger partial charge < -0.3 is 46.6 Å². The fourth-order valence-corrected chi connectivity index (χ4v) is 2.09. The van der Waals surface area contributed by atoms with Gasteiger partial charge in [-0.15, -0.1) is 0 Å². The highest BCUT2D eigenvalue weighted by atomic mass is 16.8. The van der Waals surface area contributed by atoms with E-state index in [9.17, 15) is 19.2 Å². The maximum atomic E-state index is 11.1. The summed E-state index contributed by atoms with van der Waals surface area (Å²) in [5.41, 5.74) is 19.6. The summed E-state index contributed by atoms with van der Waals surface area (Å²) in [4.78, 5) is 48.5. The number of carbonyl (C=O) groups excluding carboxylic acids is 4. The van der Waals surface area contributed by atoms with Crippen LogP contribution < -0.4 is 28.8 Å². The maximum absolute atomic E-state index is 11.1. The van der Waals surface area contributed by atoms with Gasteiger partial charge in [-0.25, -0.2) is 25.1 Å². The van der Waals surface area contributed by atoms with Gasteiger partial charge in [0.15, 0.2) is 18.3 Å². The molecule has 1 fully saturated rings. The second-order valence-corrected chi connectivity index (χ2v) is 4.51. The zero-order valence-electron chi connectivity index (χ0n) is 12.6. The smallest absolute Gasteiger partial charge is 0.405 e. The highest BCUT2D eigenvalue weighted by Crippen LogP contribution is 2.28. The Morgan fingerprint density at radius 3 is 1.68 bits per heavy atom. The van der Waals surface area contributed by atoms with E-state index in [2.05, 4.69) is 9.57 Å². The first-order chi connectivity index (χ1) is 11.6. The van der Waals surface area contributed by atoms with Crippen LogP contribution in [0.4, 0.5) is 19.2 Å². The minimum absolute atomic E-state index is 0.588. The molecule has 1 saturated heterocycles. The Bertz CT molecular complexity index is 530. The quantitative estimate of drug-likeness (QED) is 0.235. The average Bonchev–Trinajstić information content (AvgIpc) is 2.48. The summed E-state index contributed by atoms with van der Waals surface area (Å²) in [7, 11) is 0. The van der Waals surface area contributed by atoms with Crippen molar-refractivity contribution in [2.45, 2.75) is 30.7 Å². The molecule has 142 valence electrons. The molecular formula is C10H17N5O10. The van der Waals surface area contributed by atoms with Crippen LogP contribution in [0.1, 0.15) is 0 Å². The zero-order valence-corrected chi connectivity index (χ0v) is 12.6. The molecule has 1 aliphatic heterocycles. The van der Waals surface area contributed by atoms with E-state index in [1.54, 1.807) is 0 Å². The van der Waals surface area contributed by atoms with Gasteiger partial charge in [0, 0.05) is 0 Å². The molecule has 0 spiro atoms. The third-order valence-corrected chi connectivity index (χ3v) is 2.87. The minimum atomic E-state index is -1.61. The number of amides is 4. The molecule has 5 atom stereocenters. The summed E-state index contributed by atoms with van der Waals surface area (Å²) >= 11 is 0. The topological polar surface area (TPSA) is 254 Å². The van der Waals surface area contributed by atoms with Gasteiger partial charge >= 0.3 is 24.4 Å². The normalized spacial score (nSPS) is 28.4. The number of hydrogen-bond acceptors (Lipinski definition) is 11. The van der Waals surface area contributed by atoms with Gasteiger partial charge in [-0.1, -0.05) is 0 Å². The van der Waals surface area contributed by atoms with Gasteiger partial charge in [0.25, 0.3) is 0 Å². The Hall–Kier alpha value is -3.04. The van der Waals surface area contributed by atoms with Gasteiger partial charge in [-0.2, -0.15) is 0 Å². The molecule has 0 aromatic rings. The van der Waals surface area contributed by atoms with Crippen LogP contribution >= 0.6 is 0 Å². The molecular weight excluding hydrogens is 350 g/mol. The molecule has 15 heteroatoms. The van der Waals surface area contributed by atoms with Gasteiger partial charge in [-0.05, 0) is 0 Å². The van der Waals surface area contributed by atoms with Crippen molar-refractivity contribution in [2.24, 2.45) is 28.8 Å². The van der Waals surface area contributed by atoms with E-state index in [1.807, 2.05) is 0 Å². The predicted molar refractivity (Wildman–Crippen MR) is 72.8 cm³/mol. The lowest BCUT2D eigenvalue weighted by atomic mass is 9.98. The summed E-state index contributed by atoms with van der Waals surface area (Å²) in [6.45, 7) is -0.588. The lowest BCUT2D eigenvalue weighted by Gasteiger charge is -2.42. The van der Waals surface area contributed by atoms with Crippen molar-refractivity contribution in [3.63, 3.8) is 0 Å². The van der Waals surface area contributed by atoms with Crippen molar-refractivity contribution in [1.29, 1.82) is 0 Å². The first-order valence-electron chi connectivity index (χ1n) is 6.47. The predicted octanol–water partition coefficient (Wildman–Crippen LogP) is -2.91. The van der Waals surface area contributed by atoms with E-state index in [0.717, 1.165) is 0 Å². The van der Waals surface area contributed by atoms with Crippen LogP contribution in [0.25, 0.3) is 0 Å². The Kier molecular flexibility index (Phi) is 6.97. The molecule has 15 nitrogen and oxygen atoms in total. The van der Waals surface area contributed by atoms with Crippen LogP contribution in [0.2, 0.25) is 0 Å². The largest absolute Gasteiger partial charge is 0.447 e. The van der Waals surface area contributed by atoms with Crippen molar-refractivity contribution >= 4 is 24.4 Å². The Morgan fingerprint density at radius 1 is 0.760 bits per heavy atom. The lowest BCUT2D eigenvalue weighted by molar-refractivity contribution is -0.298. The van der Waals surface area contributed by atoms with Crippen molar-refractivity contribution in [2.75, 3.05) is 6.61 Å². The van der Waals surface area contributed by atoms with Crippen molar-refractivity contribution in [3.8, 4) is 0 Å². The van der Waals surface area contributed by atoms with Crippen LogP contribution in [0, 0.1) is 0 Å². The molecule has 1 heterocycles. The maximum Gasteiger partial charge on any atom is 0.405 e. The first kappa shape index (κ1) is 20.0. The third-order valence-electron chi connectivity index (χ3n) is 2.87. The average molecular weight is 367 g/mol. The highest BCUT2D eigenvalue weighted by molar-refractivity contribution is 5.67. The summed E-state index contributed by atoms with van der Waals surface area (Å²) < 4.78 is 24.0. The van der Waals surface area contributed by atoms with Crippen LogP contribution in [0.15, 0.2) is 0 Å². The Labute approximate surface area is 139 Å². The molecule has 0 bridgehead atoms. The van der Waals surface area contributed by atoms with Gasteiger partial charge in [0.05, 0.1) is 0 Å². The molecule has 0 aliphatic carbocycles. The van der Waals surface area contributed by atoms with Crippen molar-refractivity contribution in [3.05, 3.63) is 0 Å². The van der Waals surface area contributed by atoms with Crippen molar-refractivity contribution < 1.29 is 47.7 Å². The standard InChI is InChI=1S/C10H17N5O10/c11-7(16)20-1-2-3(22-8(12)17)4(23-9(13)18)5(24-10(14)19)6(21-2)25-15/h2-6H,1,15H2,(H2,11,16)(H2,12,17)(H2,13,18)(H2,14,19). The van der Waals surface area contributed by atoms with Crippen LogP contribution in [-0.2, 0) is 28.5 Å². The number of primary amides is 4. The third kappa shape index (κ3) is 5.83. The van der Waals surface area contributed by atoms with E-state index in [0.29, 0.717) is 0 Å². The number of rotatable bonds is 6. The first-order valence-corrected chi connectivity index (χ1v) is 6.47. The zero-order chi connectivity index (χ0) is 19.1. The molecule has 0 aromatic heterocycles. The molecule has 25 heavy (non-hydrogen) atoms. The SMILES string of the molecule is NOC1OC(COC(N)=O)C(OC(N)=O)C(OC(N)=O)C1OC(N)=O. The fourth-order valence-electron chi connectivity index (χ4n) is 2.09. The van der Waals surface area contributed by atoms with Crippen molar-refractivity contribution in [1.82, 2.24) is 0 Å². The second kappa shape index (κ2) is 8.71. The molecule has 1 aliphatic rings. The van der Waals surface area contributed by atoms with Gasteiger partial charge in [-0.3, -0.25) is 4.84 Å². The van der Waals surface area contributed by atoms with E-state index in [4.69, 9.17) is 47.8 Å². The van der Waals surface area contributed by atoms with Crippen LogP contribution in [-0.4, -0.2) is 61.7 Å². The van der Waals surface area contributed by atoms with Crippen LogP contribution in [0.5, 0.6) is 0 Å². The fraction of sp³-hybridized carbons (Fsp3) is 0.600. The summed E-state index contributed by atoms with van der Waals surface area (Å²) in [6, 6.07) is 0. The molecule has 1 rings (SSSR count). The Balaban J connectivity index is 3.18. The van der Waals surface area contributed by atoms with E-state index in [-0.39, 0.29) is 0 Å².